The van der Waals surface area contributed by atoms with E-state index in [9.17, 15) is 4.79 Å². The summed E-state index contributed by atoms with van der Waals surface area (Å²) in [5, 5.41) is 13.2. The number of hydrogen-bond donors (Lipinski definition) is 1. The number of aryl methyl sites for hydroxylation is 1. The number of unbranched alkanes of at least 4 members (excludes halogenated alkanes) is 2. The summed E-state index contributed by atoms with van der Waals surface area (Å²) in [4.78, 5) is 17.0. The highest BCUT2D eigenvalue weighted by Gasteiger charge is 2.15. The van der Waals surface area contributed by atoms with Crippen molar-refractivity contribution in [3.05, 3.63) is 62.9 Å². The first-order valence-corrected chi connectivity index (χ1v) is 11.1. The molecule has 0 aliphatic rings. The van der Waals surface area contributed by atoms with Crippen LogP contribution in [0.2, 0.25) is 15.1 Å². The average molecular weight is 477 g/mol. The van der Waals surface area contributed by atoms with Gasteiger partial charge in [0, 0.05) is 18.5 Å². The molecule has 0 aliphatic carbocycles. The molecule has 6 nitrogen and oxygen atoms in total. The van der Waals surface area contributed by atoms with Crippen molar-refractivity contribution < 1.29 is 4.79 Å². The maximum absolute atomic E-state index is 12.3. The van der Waals surface area contributed by atoms with Crippen molar-refractivity contribution in [2.75, 3.05) is 11.9 Å². The smallest absolute Gasteiger partial charge is 0.204 e. The van der Waals surface area contributed by atoms with Gasteiger partial charge in [-0.1, -0.05) is 53.4 Å². The largest absolute Gasteiger partial charge is 0.367 e. The highest BCUT2D eigenvalue weighted by molar-refractivity contribution is 6.42. The Kier molecular flexibility index (Phi) is 6.60. The third-order valence-electron chi connectivity index (χ3n) is 5.07. The van der Waals surface area contributed by atoms with Gasteiger partial charge in [0.05, 0.1) is 26.1 Å². The second-order valence-corrected chi connectivity index (χ2v) is 8.48. The number of nitrogens with one attached hydrogen (secondary N) is 1. The number of anilines is 1. The van der Waals surface area contributed by atoms with Gasteiger partial charge in [0.25, 0.3) is 0 Å². The Labute approximate surface area is 194 Å². The third kappa shape index (κ3) is 4.61. The highest BCUT2D eigenvalue weighted by atomic mass is 35.5. The molecule has 0 spiro atoms. The molecule has 160 valence electrons. The first-order valence-electron chi connectivity index (χ1n) is 9.98. The number of carbonyl (C=O) groups excluding carboxylic acids is 1. The van der Waals surface area contributed by atoms with Crippen LogP contribution in [0.1, 0.15) is 41.9 Å². The lowest BCUT2D eigenvalue weighted by atomic mass is 10.0. The maximum atomic E-state index is 12.3. The van der Waals surface area contributed by atoms with E-state index in [2.05, 4.69) is 20.5 Å². The molecule has 0 radical (unpaired) electrons. The van der Waals surface area contributed by atoms with E-state index in [-0.39, 0.29) is 5.78 Å². The summed E-state index contributed by atoms with van der Waals surface area (Å²) in [5.74, 6) is 1.45. The molecule has 0 aliphatic heterocycles. The van der Waals surface area contributed by atoms with Gasteiger partial charge in [0.15, 0.2) is 11.6 Å². The summed E-state index contributed by atoms with van der Waals surface area (Å²) in [7, 11) is 0. The van der Waals surface area contributed by atoms with Crippen LogP contribution in [0.15, 0.2) is 36.4 Å². The number of fused-ring (bicyclic) bond motifs is 3. The quantitative estimate of drug-likeness (QED) is 0.235. The highest BCUT2D eigenvalue weighted by Crippen LogP contribution is 2.29. The SMILES string of the molecule is Cc1nnc2c(NCCCCCC(=O)c3ccccc3Cl)nc3cc(Cl)c(Cl)cc3n12. The molecule has 9 heteroatoms. The lowest BCUT2D eigenvalue weighted by Crippen LogP contribution is -2.07. The second kappa shape index (κ2) is 9.39. The van der Waals surface area contributed by atoms with Gasteiger partial charge in [0.1, 0.15) is 5.82 Å². The van der Waals surface area contributed by atoms with Crippen molar-refractivity contribution >= 4 is 63.1 Å². The summed E-state index contributed by atoms with van der Waals surface area (Å²) in [5.41, 5.74) is 2.73. The van der Waals surface area contributed by atoms with Crippen LogP contribution < -0.4 is 5.32 Å². The van der Waals surface area contributed by atoms with E-state index in [1.807, 2.05) is 23.5 Å². The number of nitrogens with zero attached hydrogens (tertiary/aromatic N) is 4. The minimum absolute atomic E-state index is 0.0749. The number of aromatic nitrogens is 4. The van der Waals surface area contributed by atoms with Crippen molar-refractivity contribution in [1.82, 2.24) is 19.6 Å². The van der Waals surface area contributed by atoms with Gasteiger partial charge in [-0.3, -0.25) is 9.20 Å². The number of halogens is 3. The van der Waals surface area contributed by atoms with Gasteiger partial charge < -0.3 is 5.32 Å². The zero-order valence-corrected chi connectivity index (χ0v) is 19.1. The minimum Gasteiger partial charge on any atom is -0.367 e. The maximum Gasteiger partial charge on any atom is 0.204 e. The fraction of sp³-hybridized carbons (Fsp3) is 0.273. The normalized spacial score (nSPS) is 11.4. The number of rotatable bonds is 8. The fourth-order valence-electron chi connectivity index (χ4n) is 3.50. The Hall–Kier alpha value is -2.41. The van der Waals surface area contributed by atoms with E-state index in [1.54, 1.807) is 24.3 Å². The van der Waals surface area contributed by atoms with Crippen LogP contribution in [0, 0.1) is 6.92 Å². The fourth-order valence-corrected chi connectivity index (χ4v) is 4.06. The summed E-state index contributed by atoms with van der Waals surface area (Å²) in [6.07, 6.45) is 3.06. The van der Waals surface area contributed by atoms with E-state index in [0.717, 1.165) is 30.6 Å². The molecule has 1 N–H and O–H groups in total. The summed E-state index contributed by atoms with van der Waals surface area (Å²) in [6.45, 7) is 2.57. The van der Waals surface area contributed by atoms with Crippen LogP contribution in [0.3, 0.4) is 0 Å². The van der Waals surface area contributed by atoms with Crippen LogP contribution in [-0.4, -0.2) is 31.9 Å². The standard InChI is InChI=1S/C22H20Cl3N5O/c1-13-28-29-22-21(27-18-11-16(24)17(25)12-19(18)30(13)22)26-10-6-2-3-9-20(31)14-7-4-5-8-15(14)23/h4-5,7-8,11-12H,2-3,6,9-10H2,1H3,(H,26,27). The predicted molar refractivity (Wildman–Crippen MR) is 126 cm³/mol. The Bertz CT molecular complexity index is 1270. The molecule has 2 aromatic heterocycles. The number of ketones is 1. The van der Waals surface area contributed by atoms with E-state index in [4.69, 9.17) is 34.8 Å². The number of benzene rings is 2. The van der Waals surface area contributed by atoms with E-state index in [1.165, 1.54) is 0 Å². The number of Topliss-reactive ketones (excluding diaryl/α,β-unsaturated/α-hetero) is 1. The first kappa shape index (κ1) is 21.8. The van der Waals surface area contributed by atoms with Gasteiger partial charge in [-0.25, -0.2) is 4.98 Å². The zero-order valence-electron chi connectivity index (χ0n) is 16.8. The number of carbonyl (C=O) groups is 1. The van der Waals surface area contributed by atoms with Crippen LogP contribution in [0.4, 0.5) is 5.82 Å². The summed E-state index contributed by atoms with van der Waals surface area (Å²) in [6, 6.07) is 10.7. The van der Waals surface area contributed by atoms with Crippen LogP contribution in [0.25, 0.3) is 16.7 Å². The Morgan fingerprint density at radius 2 is 1.77 bits per heavy atom. The molecule has 0 fully saturated rings. The monoisotopic (exact) mass is 475 g/mol. The molecule has 0 amide bonds. The molecular formula is C22H20Cl3N5O. The van der Waals surface area contributed by atoms with Gasteiger partial charge >= 0.3 is 0 Å². The Morgan fingerprint density at radius 1 is 1.00 bits per heavy atom. The molecule has 31 heavy (non-hydrogen) atoms. The van der Waals surface area contributed by atoms with E-state index < -0.39 is 0 Å². The van der Waals surface area contributed by atoms with Gasteiger partial charge in [0.2, 0.25) is 5.65 Å². The lowest BCUT2D eigenvalue weighted by Gasteiger charge is -2.10. The number of hydrogen-bond acceptors (Lipinski definition) is 5. The minimum atomic E-state index is 0.0749. The lowest BCUT2D eigenvalue weighted by molar-refractivity contribution is 0.0979. The molecule has 2 aromatic carbocycles. The van der Waals surface area contributed by atoms with Crippen LogP contribution in [0.5, 0.6) is 0 Å². The first-order chi connectivity index (χ1) is 15.0. The van der Waals surface area contributed by atoms with Crippen molar-refractivity contribution in [2.24, 2.45) is 0 Å². The third-order valence-corrected chi connectivity index (χ3v) is 6.13. The molecule has 0 saturated heterocycles. The van der Waals surface area contributed by atoms with E-state index >= 15 is 0 Å². The second-order valence-electron chi connectivity index (χ2n) is 7.26. The van der Waals surface area contributed by atoms with Gasteiger partial charge in [-0.05, 0) is 44.0 Å². The predicted octanol–water partition coefficient (Wildman–Crippen LogP) is 6.40. The molecule has 0 unspecified atom stereocenters. The summed E-state index contributed by atoms with van der Waals surface area (Å²) < 4.78 is 1.91. The molecular weight excluding hydrogens is 457 g/mol. The van der Waals surface area contributed by atoms with Crippen molar-refractivity contribution in [2.45, 2.75) is 32.6 Å². The molecule has 0 bridgehead atoms. The molecule has 4 aromatic rings. The summed E-state index contributed by atoms with van der Waals surface area (Å²) >= 11 is 18.5. The topological polar surface area (TPSA) is 72.2 Å². The molecule has 2 heterocycles. The molecule has 0 atom stereocenters. The van der Waals surface area contributed by atoms with Gasteiger partial charge in [-0.15, -0.1) is 10.2 Å². The van der Waals surface area contributed by atoms with Crippen LogP contribution >= 0.6 is 34.8 Å². The van der Waals surface area contributed by atoms with Crippen molar-refractivity contribution in [3.8, 4) is 0 Å². The Morgan fingerprint density at radius 3 is 2.58 bits per heavy atom. The average Bonchev–Trinajstić information content (AvgIpc) is 3.14. The van der Waals surface area contributed by atoms with Gasteiger partial charge in [-0.2, -0.15) is 0 Å². The van der Waals surface area contributed by atoms with Crippen molar-refractivity contribution in [3.63, 3.8) is 0 Å². The molecule has 4 rings (SSSR count). The Balaban J connectivity index is 1.38. The van der Waals surface area contributed by atoms with E-state index in [0.29, 0.717) is 50.6 Å². The zero-order chi connectivity index (χ0) is 22.0. The molecule has 0 saturated carbocycles. The van der Waals surface area contributed by atoms with Crippen molar-refractivity contribution in [1.29, 1.82) is 0 Å². The van der Waals surface area contributed by atoms with Crippen LogP contribution in [-0.2, 0) is 0 Å².